The fraction of sp³-hybridized carbons (Fsp3) is 0.350. The minimum absolute atomic E-state index is 0.0461. The first-order chi connectivity index (χ1) is 12.2. The molecule has 2 aromatic rings. The highest BCUT2D eigenvalue weighted by Gasteiger charge is 2.26. The van der Waals surface area contributed by atoms with Crippen LogP contribution in [0.1, 0.15) is 43.1 Å². The van der Waals surface area contributed by atoms with Gasteiger partial charge in [0.2, 0.25) is 10.0 Å². The molecular formula is C20H25NO4S. The van der Waals surface area contributed by atoms with Gasteiger partial charge in [-0.1, -0.05) is 50.2 Å². The summed E-state index contributed by atoms with van der Waals surface area (Å²) in [6, 6.07) is 15.5. The molecule has 0 aromatic heterocycles. The molecule has 0 saturated carbocycles. The zero-order valence-corrected chi connectivity index (χ0v) is 16.3. The van der Waals surface area contributed by atoms with Crippen molar-refractivity contribution in [1.82, 2.24) is 4.72 Å². The van der Waals surface area contributed by atoms with Crippen LogP contribution in [0, 0.1) is 0 Å². The zero-order chi connectivity index (χ0) is 19.4. The summed E-state index contributed by atoms with van der Waals surface area (Å²) in [4.78, 5) is 11.7. The Balaban J connectivity index is 2.15. The highest BCUT2D eigenvalue weighted by Crippen LogP contribution is 2.28. The first-order valence-electron chi connectivity index (χ1n) is 8.42. The first kappa shape index (κ1) is 20.1. The molecule has 1 atom stereocenters. The van der Waals surface area contributed by atoms with E-state index >= 15 is 0 Å². The van der Waals surface area contributed by atoms with E-state index in [9.17, 15) is 13.2 Å². The van der Waals surface area contributed by atoms with Crippen molar-refractivity contribution in [2.45, 2.75) is 43.5 Å². The fourth-order valence-corrected chi connectivity index (χ4v) is 4.34. The van der Waals surface area contributed by atoms with Crippen molar-refractivity contribution in [3.05, 3.63) is 65.7 Å². The van der Waals surface area contributed by atoms with Gasteiger partial charge in [-0.05, 0) is 42.5 Å². The number of sulfonamides is 1. The number of rotatable bonds is 7. The van der Waals surface area contributed by atoms with Gasteiger partial charge in [0.25, 0.3) is 0 Å². The number of hydrogen-bond acceptors (Lipinski definition) is 4. The number of ether oxygens (including phenoxy) is 1. The maximum atomic E-state index is 12.7. The number of carbonyl (C=O) groups excluding carboxylic acids is 1. The first-order valence-corrected chi connectivity index (χ1v) is 9.90. The Labute approximate surface area is 155 Å². The molecule has 0 unspecified atom stereocenters. The lowest BCUT2D eigenvalue weighted by Crippen LogP contribution is -2.37. The van der Waals surface area contributed by atoms with Crippen LogP contribution in [-0.4, -0.2) is 27.5 Å². The van der Waals surface area contributed by atoms with Gasteiger partial charge in [-0.15, -0.1) is 0 Å². The quantitative estimate of drug-likeness (QED) is 0.752. The highest BCUT2D eigenvalue weighted by molar-refractivity contribution is 7.89. The van der Waals surface area contributed by atoms with Crippen molar-refractivity contribution in [1.29, 1.82) is 0 Å². The molecule has 0 radical (unpaired) electrons. The average Bonchev–Trinajstić information content (AvgIpc) is 2.61. The van der Waals surface area contributed by atoms with Crippen molar-refractivity contribution in [2.75, 3.05) is 7.11 Å². The van der Waals surface area contributed by atoms with Crippen LogP contribution in [0.5, 0.6) is 0 Å². The van der Waals surface area contributed by atoms with E-state index in [-0.39, 0.29) is 21.9 Å². The summed E-state index contributed by atoms with van der Waals surface area (Å²) in [5.74, 6) is -0.569. The minimum Gasteiger partial charge on any atom is -0.465 e. The molecule has 1 N–H and O–H groups in total. The van der Waals surface area contributed by atoms with E-state index in [1.807, 2.05) is 37.3 Å². The van der Waals surface area contributed by atoms with Crippen molar-refractivity contribution in [2.24, 2.45) is 0 Å². The maximum absolute atomic E-state index is 12.7. The monoisotopic (exact) mass is 375 g/mol. The maximum Gasteiger partial charge on any atom is 0.337 e. The van der Waals surface area contributed by atoms with E-state index < -0.39 is 16.0 Å². The standard InChI is InChI=1S/C20H25NO4S/c1-15(14-20(2,3)17-10-6-5-7-11-17)21-26(23,24)18-12-8-9-16(13-18)19(22)25-4/h5-13,15,21H,14H2,1-4H3/t15-/m0/s1. The molecule has 0 aliphatic rings. The van der Waals surface area contributed by atoms with E-state index in [1.165, 1.54) is 31.4 Å². The summed E-state index contributed by atoms with van der Waals surface area (Å²) in [5, 5.41) is 0. The van der Waals surface area contributed by atoms with Gasteiger partial charge in [0.1, 0.15) is 0 Å². The number of benzene rings is 2. The lowest BCUT2D eigenvalue weighted by atomic mass is 9.79. The molecule has 0 amide bonds. The van der Waals surface area contributed by atoms with Gasteiger partial charge in [-0.2, -0.15) is 0 Å². The molecule has 0 heterocycles. The van der Waals surface area contributed by atoms with E-state index in [2.05, 4.69) is 23.3 Å². The number of esters is 1. The van der Waals surface area contributed by atoms with Gasteiger partial charge in [0, 0.05) is 6.04 Å². The summed E-state index contributed by atoms with van der Waals surface area (Å²) in [6.45, 7) is 6.02. The van der Waals surface area contributed by atoms with E-state index in [1.54, 1.807) is 0 Å². The molecule has 26 heavy (non-hydrogen) atoms. The molecule has 6 heteroatoms. The van der Waals surface area contributed by atoms with Crippen molar-refractivity contribution in [3.8, 4) is 0 Å². The Morgan fingerprint density at radius 1 is 1.12 bits per heavy atom. The van der Waals surface area contributed by atoms with E-state index in [0.717, 1.165) is 5.56 Å². The highest BCUT2D eigenvalue weighted by atomic mass is 32.2. The fourth-order valence-electron chi connectivity index (χ4n) is 3.06. The summed E-state index contributed by atoms with van der Waals surface area (Å²) < 4.78 is 32.7. The Morgan fingerprint density at radius 3 is 2.38 bits per heavy atom. The van der Waals surface area contributed by atoms with Gasteiger partial charge in [0.15, 0.2) is 0 Å². The summed E-state index contributed by atoms with van der Waals surface area (Å²) >= 11 is 0. The molecule has 0 aliphatic heterocycles. The molecule has 5 nitrogen and oxygen atoms in total. The number of methoxy groups -OCH3 is 1. The molecule has 0 bridgehead atoms. The third-order valence-electron chi connectivity index (χ3n) is 4.29. The van der Waals surface area contributed by atoms with Crippen molar-refractivity contribution < 1.29 is 17.9 Å². The second-order valence-electron chi connectivity index (χ2n) is 7.00. The molecule has 0 fully saturated rings. The Hall–Kier alpha value is -2.18. The van der Waals surface area contributed by atoms with Crippen LogP contribution in [0.2, 0.25) is 0 Å². The van der Waals surface area contributed by atoms with Gasteiger partial charge in [0.05, 0.1) is 17.6 Å². The van der Waals surface area contributed by atoms with Crippen LogP contribution < -0.4 is 4.72 Å². The van der Waals surface area contributed by atoms with Crippen LogP contribution in [0.3, 0.4) is 0 Å². The Morgan fingerprint density at radius 2 is 1.77 bits per heavy atom. The number of nitrogens with one attached hydrogen (secondary N) is 1. The second-order valence-corrected chi connectivity index (χ2v) is 8.71. The lowest BCUT2D eigenvalue weighted by molar-refractivity contribution is 0.0600. The summed E-state index contributed by atoms with van der Waals surface area (Å²) in [7, 11) is -2.48. The van der Waals surface area contributed by atoms with E-state index in [4.69, 9.17) is 0 Å². The third-order valence-corrected chi connectivity index (χ3v) is 5.88. The molecule has 140 valence electrons. The van der Waals surface area contributed by atoms with Crippen LogP contribution in [0.4, 0.5) is 0 Å². The SMILES string of the molecule is COC(=O)c1cccc(S(=O)(=O)N[C@@H](C)CC(C)(C)c2ccccc2)c1. The molecule has 2 aromatic carbocycles. The molecular weight excluding hydrogens is 350 g/mol. The van der Waals surface area contributed by atoms with Crippen molar-refractivity contribution >= 4 is 16.0 Å². The largest absolute Gasteiger partial charge is 0.465 e. The molecule has 2 rings (SSSR count). The molecule has 0 saturated heterocycles. The predicted molar refractivity (Wildman–Crippen MR) is 102 cm³/mol. The van der Waals surface area contributed by atoms with Crippen LogP contribution in [-0.2, 0) is 20.2 Å². The lowest BCUT2D eigenvalue weighted by Gasteiger charge is -2.29. The Kier molecular flexibility index (Phi) is 6.21. The Bertz CT molecular complexity index is 860. The number of carbonyl (C=O) groups is 1. The van der Waals surface area contributed by atoms with Crippen LogP contribution in [0.15, 0.2) is 59.5 Å². The van der Waals surface area contributed by atoms with Crippen molar-refractivity contribution in [3.63, 3.8) is 0 Å². The van der Waals surface area contributed by atoms with Crippen LogP contribution in [0.25, 0.3) is 0 Å². The normalized spacial score (nSPS) is 13.2. The van der Waals surface area contributed by atoms with Gasteiger partial charge < -0.3 is 4.74 Å². The predicted octanol–water partition coefficient (Wildman–Crippen LogP) is 3.51. The van der Waals surface area contributed by atoms with Gasteiger partial charge >= 0.3 is 5.97 Å². The van der Waals surface area contributed by atoms with Gasteiger partial charge in [-0.25, -0.2) is 17.9 Å². The molecule has 0 aliphatic carbocycles. The third kappa shape index (κ3) is 4.93. The number of hydrogen-bond donors (Lipinski definition) is 1. The zero-order valence-electron chi connectivity index (χ0n) is 15.5. The molecule has 0 spiro atoms. The summed E-state index contributed by atoms with van der Waals surface area (Å²) in [5.41, 5.74) is 1.17. The topological polar surface area (TPSA) is 72.5 Å². The van der Waals surface area contributed by atoms with Gasteiger partial charge in [-0.3, -0.25) is 0 Å². The second kappa shape index (κ2) is 8.01. The smallest absolute Gasteiger partial charge is 0.337 e. The van der Waals surface area contributed by atoms with Crippen LogP contribution >= 0.6 is 0 Å². The summed E-state index contributed by atoms with van der Waals surface area (Å²) in [6.07, 6.45) is 0.632. The van der Waals surface area contributed by atoms with E-state index in [0.29, 0.717) is 6.42 Å². The minimum atomic E-state index is -3.74. The average molecular weight is 375 g/mol.